The lowest BCUT2D eigenvalue weighted by Crippen LogP contribution is -2.34. The Morgan fingerprint density at radius 3 is 2.76 bits per heavy atom. The van der Waals surface area contributed by atoms with Crippen LogP contribution in [0.5, 0.6) is 0 Å². The summed E-state index contributed by atoms with van der Waals surface area (Å²) in [7, 11) is 0. The van der Waals surface area contributed by atoms with E-state index in [0.717, 1.165) is 28.7 Å². The molecule has 1 atom stereocenters. The van der Waals surface area contributed by atoms with E-state index in [1.807, 2.05) is 24.8 Å². The first kappa shape index (κ1) is 15.8. The molecule has 0 saturated heterocycles. The van der Waals surface area contributed by atoms with Crippen LogP contribution in [0.1, 0.15) is 42.4 Å². The summed E-state index contributed by atoms with van der Waals surface area (Å²) in [5.41, 5.74) is 7.86. The Morgan fingerprint density at radius 1 is 1.48 bits per heavy atom. The van der Waals surface area contributed by atoms with Gasteiger partial charge in [-0.3, -0.25) is 4.79 Å². The van der Waals surface area contributed by atoms with Gasteiger partial charge in [-0.25, -0.2) is 4.98 Å². The van der Waals surface area contributed by atoms with Crippen molar-refractivity contribution >= 4 is 33.1 Å². The quantitative estimate of drug-likeness (QED) is 0.916. The maximum absolute atomic E-state index is 12.8. The molecule has 1 amide bonds. The number of aromatic nitrogens is 1. The lowest BCUT2D eigenvalue weighted by atomic mass is 10.1. The number of amides is 1. The second kappa shape index (κ2) is 6.43. The largest absolute Gasteiger partial charge is 0.397 e. The van der Waals surface area contributed by atoms with E-state index < -0.39 is 0 Å². The molecule has 4 nitrogen and oxygen atoms in total. The van der Waals surface area contributed by atoms with Crippen LogP contribution < -0.4 is 5.73 Å². The van der Waals surface area contributed by atoms with Crippen LogP contribution in [0.3, 0.4) is 0 Å². The van der Waals surface area contributed by atoms with E-state index in [2.05, 4.69) is 18.8 Å². The van der Waals surface area contributed by atoms with Gasteiger partial charge in [-0.1, -0.05) is 20.3 Å². The number of nitrogens with two attached hydrogens (primary N) is 1. The molecule has 2 aromatic rings. The minimum Gasteiger partial charge on any atom is -0.397 e. The van der Waals surface area contributed by atoms with E-state index in [1.54, 1.807) is 6.20 Å². The minimum atomic E-state index is 0.0256. The van der Waals surface area contributed by atoms with E-state index >= 15 is 0 Å². The molecule has 0 aliphatic heterocycles. The van der Waals surface area contributed by atoms with Crippen molar-refractivity contribution in [1.29, 1.82) is 0 Å². The smallest absolute Gasteiger partial charge is 0.266 e. The fourth-order valence-corrected chi connectivity index (χ4v) is 3.48. The molecule has 2 aromatic heterocycles. The van der Waals surface area contributed by atoms with Gasteiger partial charge in [0.1, 0.15) is 9.71 Å². The number of thiophene rings is 1. The third-order valence-electron chi connectivity index (χ3n) is 3.93. The van der Waals surface area contributed by atoms with Crippen LogP contribution in [0.2, 0.25) is 0 Å². The van der Waals surface area contributed by atoms with Gasteiger partial charge in [0.05, 0.1) is 5.69 Å². The van der Waals surface area contributed by atoms with Crippen molar-refractivity contribution in [3.05, 3.63) is 22.7 Å². The Morgan fingerprint density at radius 2 is 2.19 bits per heavy atom. The van der Waals surface area contributed by atoms with Gasteiger partial charge < -0.3 is 10.6 Å². The third-order valence-corrected chi connectivity index (χ3v) is 5.03. The lowest BCUT2D eigenvalue weighted by molar-refractivity contribution is 0.0747. The summed E-state index contributed by atoms with van der Waals surface area (Å²) >= 11 is 1.40. The molecule has 0 aliphatic rings. The fraction of sp³-hybridized carbons (Fsp3) is 0.500. The first-order valence-corrected chi connectivity index (χ1v) is 8.24. The number of hydrogen-bond donors (Lipinski definition) is 1. The molecule has 0 aromatic carbocycles. The number of hydrogen-bond acceptors (Lipinski definition) is 4. The van der Waals surface area contributed by atoms with E-state index in [9.17, 15) is 4.79 Å². The molecule has 5 heteroatoms. The van der Waals surface area contributed by atoms with Gasteiger partial charge in [0.2, 0.25) is 0 Å². The second-order valence-corrected chi connectivity index (χ2v) is 6.51. The van der Waals surface area contributed by atoms with Crippen LogP contribution in [0.4, 0.5) is 5.69 Å². The average Bonchev–Trinajstić information content (AvgIpc) is 2.82. The molecule has 0 spiro atoms. The van der Waals surface area contributed by atoms with E-state index in [4.69, 9.17) is 5.73 Å². The van der Waals surface area contributed by atoms with Gasteiger partial charge in [0.25, 0.3) is 5.91 Å². The van der Waals surface area contributed by atoms with Crippen molar-refractivity contribution in [3.8, 4) is 0 Å². The maximum Gasteiger partial charge on any atom is 0.266 e. The molecule has 2 N–H and O–H groups in total. The summed E-state index contributed by atoms with van der Waals surface area (Å²) in [6.45, 7) is 9.78. The Labute approximate surface area is 130 Å². The number of carbonyl (C=O) groups excluding carboxylic acids is 1. The zero-order valence-electron chi connectivity index (χ0n) is 13.1. The molecule has 0 fully saturated rings. The van der Waals surface area contributed by atoms with Gasteiger partial charge in [0.15, 0.2) is 0 Å². The number of fused-ring (bicyclic) bond motifs is 1. The summed E-state index contributed by atoms with van der Waals surface area (Å²) in [6.07, 6.45) is 2.82. The number of aryl methyl sites for hydroxylation is 1. The zero-order valence-corrected chi connectivity index (χ0v) is 14.0. The average molecular weight is 305 g/mol. The van der Waals surface area contributed by atoms with Gasteiger partial charge in [0, 0.05) is 24.7 Å². The first-order valence-electron chi connectivity index (χ1n) is 7.42. The Hall–Kier alpha value is -1.62. The van der Waals surface area contributed by atoms with Crippen molar-refractivity contribution < 1.29 is 4.79 Å². The zero-order chi connectivity index (χ0) is 15.6. The molecular formula is C16H23N3OS. The van der Waals surface area contributed by atoms with Crippen LogP contribution in [-0.4, -0.2) is 28.9 Å². The standard InChI is InChI=1S/C16H23N3OS/c1-5-10(3)9-19(6-2)16(20)14-13(17)12-11(4)7-8-18-15(12)21-14/h7-8,10H,5-6,9,17H2,1-4H3. The third kappa shape index (κ3) is 3.02. The first-order chi connectivity index (χ1) is 9.99. The Balaban J connectivity index is 2.38. The molecule has 21 heavy (non-hydrogen) atoms. The van der Waals surface area contributed by atoms with Crippen molar-refractivity contribution in [3.63, 3.8) is 0 Å². The SMILES string of the molecule is CCC(C)CN(CC)C(=O)c1sc2nccc(C)c2c1N. The molecule has 114 valence electrons. The number of rotatable bonds is 5. The van der Waals surface area contributed by atoms with E-state index in [0.29, 0.717) is 23.0 Å². The molecule has 0 bridgehead atoms. The summed E-state index contributed by atoms with van der Waals surface area (Å²) in [6, 6.07) is 1.93. The second-order valence-electron chi connectivity index (χ2n) is 5.51. The highest BCUT2D eigenvalue weighted by Gasteiger charge is 2.23. The molecular weight excluding hydrogens is 282 g/mol. The van der Waals surface area contributed by atoms with Crippen molar-refractivity contribution in [1.82, 2.24) is 9.88 Å². The number of anilines is 1. The lowest BCUT2D eigenvalue weighted by Gasteiger charge is -2.23. The highest BCUT2D eigenvalue weighted by molar-refractivity contribution is 7.21. The Bertz CT molecular complexity index is 650. The number of carbonyl (C=O) groups is 1. The van der Waals surface area contributed by atoms with Crippen LogP contribution in [0.25, 0.3) is 10.2 Å². The highest BCUT2D eigenvalue weighted by atomic mass is 32.1. The Kier molecular flexibility index (Phi) is 4.83. The predicted molar refractivity (Wildman–Crippen MR) is 89.8 cm³/mol. The molecule has 0 saturated carbocycles. The number of pyridine rings is 1. The van der Waals surface area contributed by atoms with Crippen LogP contribution in [0.15, 0.2) is 12.3 Å². The molecule has 0 aliphatic carbocycles. The minimum absolute atomic E-state index is 0.0256. The van der Waals surface area contributed by atoms with Crippen molar-refractivity contribution in [2.45, 2.75) is 34.1 Å². The molecule has 0 radical (unpaired) electrons. The monoisotopic (exact) mass is 305 g/mol. The number of nitrogens with zero attached hydrogens (tertiary/aromatic N) is 2. The topological polar surface area (TPSA) is 59.2 Å². The van der Waals surface area contributed by atoms with Gasteiger partial charge in [-0.15, -0.1) is 11.3 Å². The van der Waals surface area contributed by atoms with Crippen LogP contribution >= 0.6 is 11.3 Å². The van der Waals surface area contributed by atoms with Gasteiger partial charge in [-0.2, -0.15) is 0 Å². The van der Waals surface area contributed by atoms with Crippen molar-refractivity contribution in [2.75, 3.05) is 18.8 Å². The number of nitrogen functional groups attached to an aromatic ring is 1. The summed E-state index contributed by atoms with van der Waals surface area (Å²) in [5.74, 6) is 0.516. The summed E-state index contributed by atoms with van der Waals surface area (Å²) in [4.78, 5) is 20.4. The maximum atomic E-state index is 12.8. The fourth-order valence-electron chi connectivity index (χ4n) is 2.37. The summed E-state index contributed by atoms with van der Waals surface area (Å²) in [5, 5.41) is 0.922. The highest BCUT2D eigenvalue weighted by Crippen LogP contribution is 2.35. The predicted octanol–water partition coefficient (Wildman–Crippen LogP) is 3.70. The van der Waals surface area contributed by atoms with Gasteiger partial charge in [-0.05, 0) is 31.4 Å². The van der Waals surface area contributed by atoms with Crippen LogP contribution in [0, 0.1) is 12.8 Å². The van der Waals surface area contributed by atoms with Crippen molar-refractivity contribution in [2.24, 2.45) is 5.92 Å². The van der Waals surface area contributed by atoms with Gasteiger partial charge >= 0.3 is 0 Å². The van der Waals surface area contributed by atoms with E-state index in [-0.39, 0.29) is 5.91 Å². The van der Waals surface area contributed by atoms with Crippen LogP contribution in [-0.2, 0) is 0 Å². The summed E-state index contributed by atoms with van der Waals surface area (Å²) < 4.78 is 0. The molecule has 1 unspecified atom stereocenters. The molecule has 2 rings (SSSR count). The normalized spacial score (nSPS) is 12.6. The molecule has 2 heterocycles. The van der Waals surface area contributed by atoms with E-state index in [1.165, 1.54) is 11.3 Å².